The minimum Gasteiger partial charge on any atom is -0.408 e. The molecule has 2 aromatic heterocycles. The van der Waals surface area contributed by atoms with Crippen LogP contribution in [0.1, 0.15) is 13.8 Å². The largest absolute Gasteiger partial charge is 0.417 e. The van der Waals surface area contributed by atoms with E-state index in [0.717, 1.165) is 32.7 Å². The Bertz CT molecular complexity index is 1090. The van der Waals surface area contributed by atoms with E-state index in [1.54, 1.807) is 23.6 Å². The van der Waals surface area contributed by atoms with Crippen LogP contribution in [-0.4, -0.2) is 31.0 Å². The van der Waals surface area contributed by atoms with E-state index in [-0.39, 0.29) is 0 Å². The monoisotopic (exact) mass is 400 g/mol. The van der Waals surface area contributed by atoms with Gasteiger partial charge in [-0.15, -0.1) is 11.3 Å². The van der Waals surface area contributed by atoms with Gasteiger partial charge in [0.25, 0.3) is 0 Å². The maximum Gasteiger partial charge on any atom is 0.417 e. The Morgan fingerprint density at radius 2 is 2.21 bits per heavy atom. The number of aliphatic imine (C=N–C) groups is 1. The number of nitrogens with two attached hydrogens (primary N) is 2. The summed E-state index contributed by atoms with van der Waals surface area (Å²) in [5.74, 6) is 0.301. The summed E-state index contributed by atoms with van der Waals surface area (Å²) in [7, 11) is 1.95. The summed E-state index contributed by atoms with van der Waals surface area (Å²) in [6, 6.07) is 7.61. The third kappa shape index (κ3) is 3.95. The van der Waals surface area contributed by atoms with E-state index in [1.165, 1.54) is 0 Å². The summed E-state index contributed by atoms with van der Waals surface area (Å²) < 4.78 is 5.19. The van der Waals surface area contributed by atoms with Crippen LogP contribution in [0.3, 0.4) is 0 Å². The van der Waals surface area contributed by atoms with Gasteiger partial charge in [0.2, 0.25) is 0 Å². The number of amidine groups is 1. The van der Waals surface area contributed by atoms with E-state index in [0.29, 0.717) is 24.2 Å². The normalized spacial score (nSPS) is 12.6. The molecule has 3 aromatic rings. The van der Waals surface area contributed by atoms with Crippen LogP contribution in [0.15, 0.2) is 50.4 Å². The molecule has 1 aromatic carbocycles. The van der Waals surface area contributed by atoms with Crippen LogP contribution in [0.25, 0.3) is 21.5 Å². The highest BCUT2D eigenvalue weighted by Gasteiger charge is 2.18. The summed E-state index contributed by atoms with van der Waals surface area (Å²) in [5.41, 5.74) is 15.1. The lowest BCUT2D eigenvalue weighted by Crippen LogP contribution is -2.17. The van der Waals surface area contributed by atoms with Crippen LogP contribution in [0, 0.1) is 0 Å². The number of nitrogens with zero attached hydrogens (tertiary/aromatic N) is 2. The SMILES string of the molecule is CC(=NCCN)Nc1cc(-c2cccc3oc(=O)[nH]c23)sc1N(C)/C(C)=C\N. The Morgan fingerprint density at radius 3 is 2.93 bits per heavy atom. The lowest BCUT2D eigenvalue weighted by atomic mass is 10.1. The molecule has 6 N–H and O–H groups in total. The predicted molar refractivity (Wildman–Crippen MR) is 117 cm³/mol. The number of rotatable bonds is 6. The van der Waals surface area contributed by atoms with Gasteiger partial charge < -0.3 is 26.1 Å². The molecule has 0 radical (unpaired) electrons. The molecule has 28 heavy (non-hydrogen) atoms. The van der Waals surface area contributed by atoms with E-state index in [2.05, 4.69) is 15.3 Å². The number of anilines is 2. The number of aromatic amines is 1. The zero-order valence-corrected chi connectivity index (χ0v) is 16.9. The first-order valence-corrected chi connectivity index (χ1v) is 9.62. The summed E-state index contributed by atoms with van der Waals surface area (Å²) in [6.45, 7) is 4.88. The van der Waals surface area contributed by atoms with E-state index in [4.69, 9.17) is 15.9 Å². The van der Waals surface area contributed by atoms with Crippen LogP contribution in [0.5, 0.6) is 0 Å². The summed E-state index contributed by atoms with van der Waals surface area (Å²) in [4.78, 5) is 21.8. The lowest BCUT2D eigenvalue weighted by molar-refractivity contribution is 0.555. The van der Waals surface area contributed by atoms with Gasteiger partial charge in [-0.05, 0) is 26.0 Å². The van der Waals surface area contributed by atoms with Crippen molar-refractivity contribution in [1.29, 1.82) is 0 Å². The molecule has 3 rings (SSSR count). The van der Waals surface area contributed by atoms with Crippen molar-refractivity contribution in [2.45, 2.75) is 13.8 Å². The number of fused-ring (bicyclic) bond motifs is 1. The predicted octanol–water partition coefficient (Wildman–Crippen LogP) is 2.89. The molecule has 0 atom stereocenters. The third-order valence-electron chi connectivity index (χ3n) is 4.30. The highest BCUT2D eigenvalue weighted by Crippen LogP contribution is 2.43. The highest BCUT2D eigenvalue weighted by atomic mass is 32.1. The molecule has 0 aliphatic heterocycles. The number of thiophene rings is 1. The second kappa shape index (κ2) is 8.32. The molecule has 0 aliphatic rings. The van der Waals surface area contributed by atoms with Crippen molar-refractivity contribution in [3.63, 3.8) is 0 Å². The number of oxazole rings is 1. The van der Waals surface area contributed by atoms with Crippen molar-refractivity contribution < 1.29 is 4.42 Å². The van der Waals surface area contributed by atoms with Gasteiger partial charge in [-0.3, -0.25) is 9.98 Å². The fourth-order valence-electron chi connectivity index (χ4n) is 2.77. The van der Waals surface area contributed by atoms with Crippen LogP contribution in [0.2, 0.25) is 0 Å². The van der Waals surface area contributed by atoms with Crippen molar-refractivity contribution in [1.82, 2.24) is 4.98 Å². The topological polar surface area (TPSA) is 126 Å². The average Bonchev–Trinajstić information content (AvgIpc) is 3.27. The van der Waals surface area contributed by atoms with Crippen molar-refractivity contribution in [2.24, 2.45) is 16.5 Å². The van der Waals surface area contributed by atoms with Crippen molar-refractivity contribution in [3.8, 4) is 10.4 Å². The third-order valence-corrected chi connectivity index (χ3v) is 5.55. The number of hydrogen-bond donors (Lipinski definition) is 4. The van der Waals surface area contributed by atoms with Gasteiger partial charge >= 0.3 is 5.76 Å². The molecule has 0 aliphatic carbocycles. The molecular formula is C19H24N6O2S. The molecule has 148 valence electrons. The number of benzene rings is 1. The minimum atomic E-state index is -0.471. The molecule has 0 amide bonds. The van der Waals surface area contributed by atoms with Gasteiger partial charge in [0.05, 0.1) is 23.6 Å². The smallest absolute Gasteiger partial charge is 0.408 e. The van der Waals surface area contributed by atoms with Gasteiger partial charge in [-0.2, -0.15) is 0 Å². The maximum atomic E-state index is 11.6. The molecular weight excluding hydrogens is 376 g/mol. The van der Waals surface area contributed by atoms with Crippen LogP contribution in [0.4, 0.5) is 10.7 Å². The maximum absolute atomic E-state index is 11.6. The molecule has 0 spiro atoms. The molecule has 2 heterocycles. The zero-order chi connectivity index (χ0) is 20.3. The number of hydrogen-bond acceptors (Lipinski definition) is 7. The Hall–Kier alpha value is -3.04. The number of H-pyrrole nitrogens is 1. The summed E-state index contributed by atoms with van der Waals surface area (Å²) in [6.07, 6.45) is 1.56. The second-order valence-electron chi connectivity index (χ2n) is 6.27. The first-order valence-electron chi connectivity index (χ1n) is 8.81. The Kier molecular flexibility index (Phi) is 5.86. The first kappa shape index (κ1) is 19.7. The number of aromatic nitrogens is 1. The molecule has 0 bridgehead atoms. The van der Waals surface area contributed by atoms with Gasteiger partial charge in [0.1, 0.15) is 5.00 Å². The van der Waals surface area contributed by atoms with Crippen molar-refractivity contribution in [2.75, 3.05) is 30.4 Å². The molecule has 0 unspecified atom stereocenters. The summed E-state index contributed by atoms with van der Waals surface area (Å²) >= 11 is 1.58. The van der Waals surface area contributed by atoms with E-state index >= 15 is 0 Å². The lowest BCUT2D eigenvalue weighted by Gasteiger charge is -2.19. The zero-order valence-electron chi connectivity index (χ0n) is 16.1. The van der Waals surface area contributed by atoms with Crippen LogP contribution in [-0.2, 0) is 0 Å². The Balaban J connectivity index is 2.11. The molecule has 0 saturated carbocycles. The number of allylic oxidation sites excluding steroid dienone is 1. The average molecular weight is 401 g/mol. The van der Waals surface area contributed by atoms with E-state index < -0.39 is 5.76 Å². The van der Waals surface area contributed by atoms with Gasteiger partial charge in [0.15, 0.2) is 5.58 Å². The second-order valence-corrected chi connectivity index (χ2v) is 7.30. The Morgan fingerprint density at radius 1 is 1.43 bits per heavy atom. The van der Waals surface area contributed by atoms with Crippen molar-refractivity contribution >= 4 is 39.0 Å². The molecule has 0 fully saturated rings. The van der Waals surface area contributed by atoms with E-state index in [1.807, 2.05) is 44.0 Å². The quantitative estimate of drug-likeness (QED) is 0.372. The Labute approximate surface area is 166 Å². The van der Waals surface area contributed by atoms with Gasteiger partial charge in [0, 0.05) is 35.9 Å². The summed E-state index contributed by atoms with van der Waals surface area (Å²) in [5, 5.41) is 4.32. The van der Waals surface area contributed by atoms with Crippen molar-refractivity contribution in [3.05, 3.63) is 46.7 Å². The first-order chi connectivity index (χ1) is 13.4. The fraction of sp³-hybridized carbons (Fsp3) is 0.263. The van der Waals surface area contributed by atoms with E-state index in [9.17, 15) is 4.79 Å². The van der Waals surface area contributed by atoms with Gasteiger partial charge in [-0.1, -0.05) is 12.1 Å². The highest BCUT2D eigenvalue weighted by molar-refractivity contribution is 7.20. The standard InChI is InChI=1S/C19H24N6O2S/c1-11(10-21)25(3)18-14(23-12(2)22-8-7-20)9-16(28-18)13-5-4-6-15-17(13)24-19(26)27-15/h4-6,9-10H,7-8,20-21H2,1-3H3,(H,22,23)(H,24,26)/b11-10-. The number of nitrogens with one attached hydrogen (secondary N) is 2. The fourth-order valence-corrected chi connectivity index (χ4v) is 3.94. The minimum absolute atomic E-state index is 0.471. The molecule has 8 nitrogen and oxygen atoms in total. The number of para-hydroxylation sites is 1. The van der Waals surface area contributed by atoms with Gasteiger partial charge in [-0.25, -0.2) is 4.79 Å². The van der Waals surface area contributed by atoms with Crippen LogP contribution < -0.4 is 27.4 Å². The molecule has 9 heteroatoms. The molecule has 0 saturated heterocycles. The van der Waals surface area contributed by atoms with Crippen LogP contribution >= 0.6 is 11.3 Å².